The molecule has 0 fully saturated rings. The smallest absolute Gasteiger partial charge is 0.133 e. The Bertz CT molecular complexity index is 631. The summed E-state index contributed by atoms with van der Waals surface area (Å²) in [5.41, 5.74) is 0.992. The molecule has 4 nitrogen and oxygen atoms in total. The van der Waals surface area contributed by atoms with Crippen molar-refractivity contribution in [3.05, 3.63) is 41.2 Å². The van der Waals surface area contributed by atoms with Crippen LogP contribution in [-0.4, -0.2) is 28.7 Å². The standard InChI is InChI=1S/C15H18ClN3OS/c1-3-19-15(10(16)8-18-19)14(17-2)12-9-21-13-7-5-4-6-11(13)20-12/h4-8,12,14,17H,3,9H2,1-2H3. The molecule has 2 unspecified atom stereocenters. The topological polar surface area (TPSA) is 39.1 Å². The second-order valence-corrected chi connectivity index (χ2v) is 6.34. The quantitative estimate of drug-likeness (QED) is 0.936. The maximum atomic E-state index is 6.33. The first-order valence-corrected chi connectivity index (χ1v) is 8.38. The number of nitrogens with zero attached hydrogens (tertiary/aromatic N) is 2. The third-order valence-corrected chi connectivity index (χ3v) is 5.08. The highest BCUT2D eigenvalue weighted by atomic mass is 35.5. The minimum Gasteiger partial charge on any atom is -0.486 e. The molecule has 0 amide bonds. The lowest BCUT2D eigenvalue weighted by molar-refractivity contribution is 0.166. The molecule has 0 saturated heterocycles. The Morgan fingerprint density at radius 3 is 3.10 bits per heavy atom. The lowest BCUT2D eigenvalue weighted by atomic mass is 10.1. The molecule has 21 heavy (non-hydrogen) atoms. The molecule has 3 rings (SSSR count). The van der Waals surface area contributed by atoms with Gasteiger partial charge in [-0.3, -0.25) is 4.68 Å². The minimum atomic E-state index is 0.0146. The molecular formula is C15H18ClN3OS. The van der Waals surface area contributed by atoms with E-state index in [9.17, 15) is 0 Å². The fourth-order valence-corrected chi connectivity index (χ4v) is 3.93. The van der Waals surface area contributed by atoms with Gasteiger partial charge in [-0.15, -0.1) is 11.8 Å². The summed E-state index contributed by atoms with van der Waals surface area (Å²) in [6.07, 6.45) is 1.73. The highest BCUT2D eigenvalue weighted by Crippen LogP contribution is 2.39. The Labute approximate surface area is 133 Å². The van der Waals surface area contributed by atoms with Crippen molar-refractivity contribution >= 4 is 23.4 Å². The predicted octanol–water partition coefficient (Wildman–Crippen LogP) is 3.37. The van der Waals surface area contributed by atoms with Crippen LogP contribution in [0.4, 0.5) is 0 Å². The Hall–Kier alpha value is -1.17. The number of rotatable bonds is 4. The van der Waals surface area contributed by atoms with Gasteiger partial charge < -0.3 is 10.1 Å². The second kappa shape index (κ2) is 6.30. The van der Waals surface area contributed by atoms with Crippen LogP contribution in [0, 0.1) is 0 Å². The number of thioether (sulfide) groups is 1. The second-order valence-electron chi connectivity index (χ2n) is 4.87. The van der Waals surface area contributed by atoms with Gasteiger partial charge in [0.05, 0.1) is 23.0 Å². The molecule has 2 atom stereocenters. The summed E-state index contributed by atoms with van der Waals surface area (Å²) in [4.78, 5) is 1.19. The molecule has 1 N–H and O–H groups in total. The van der Waals surface area contributed by atoms with E-state index >= 15 is 0 Å². The molecule has 1 aliphatic heterocycles. The summed E-state index contributed by atoms with van der Waals surface area (Å²) in [5.74, 6) is 1.82. The molecule has 0 aliphatic carbocycles. The highest BCUT2D eigenvalue weighted by Gasteiger charge is 2.32. The molecule has 112 valence electrons. The summed E-state index contributed by atoms with van der Waals surface area (Å²) in [6, 6.07) is 8.15. The van der Waals surface area contributed by atoms with Gasteiger partial charge in [-0.25, -0.2) is 0 Å². The Morgan fingerprint density at radius 1 is 1.52 bits per heavy atom. The van der Waals surface area contributed by atoms with Crippen LogP contribution >= 0.6 is 23.4 Å². The zero-order chi connectivity index (χ0) is 14.8. The monoisotopic (exact) mass is 323 g/mol. The van der Waals surface area contributed by atoms with E-state index in [0.29, 0.717) is 5.02 Å². The van der Waals surface area contributed by atoms with E-state index < -0.39 is 0 Å². The first kappa shape index (κ1) is 14.8. The average molecular weight is 324 g/mol. The van der Waals surface area contributed by atoms with Gasteiger partial charge in [0, 0.05) is 17.2 Å². The summed E-state index contributed by atoms with van der Waals surface area (Å²) >= 11 is 8.15. The lowest BCUT2D eigenvalue weighted by Gasteiger charge is -2.32. The van der Waals surface area contributed by atoms with E-state index in [-0.39, 0.29) is 12.1 Å². The highest BCUT2D eigenvalue weighted by molar-refractivity contribution is 7.99. The Morgan fingerprint density at radius 2 is 2.33 bits per heavy atom. The van der Waals surface area contributed by atoms with Gasteiger partial charge in [-0.1, -0.05) is 23.7 Å². The predicted molar refractivity (Wildman–Crippen MR) is 86.3 cm³/mol. The first-order chi connectivity index (χ1) is 10.2. The van der Waals surface area contributed by atoms with E-state index in [4.69, 9.17) is 16.3 Å². The fourth-order valence-electron chi connectivity index (χ4n) is 2.63. The molecule has 1 aromatic heterocycles. The summed E-state index contributed by atoms with van der Waals surface area (Å²) in [6.45, 7) is 2.85. The molecule has 0 radical (unpaired) electrons. The Balaban J connectivity index is 1.90. The van der Waals surface area contributed by atoms with Gasteiger partial charge in [-0.05, 0) is 26.1 Å². The third kappa shape index (κ3) is 2.78. The number of halogens is 1. The van der Waals surface area contributed by atoms with Crippen molar-refractivity contribution in [2.24, 2.45) is 0 Å². The van der Waals surface area contributed by atoms with E-state index in [1.165, 1.54) is 4.90 Å². The number of aromatic nitrogens is 2. The number of fused-ring (bicyclic) bond motifs is 1. The molecule has 0 saturated carbocycles. The molecule has 1 aromatic carbocycles. The molecule has 2 heterocycles. The van der Waals surface area contributed by atoms with Crippen molar-refractivity contribution in [2.75, 3.05) is 12.8 Å². The number of ether oxygens (including phenoxy) is 1. The van der Waals surface area contributed by atoms with Crippen LogP contribution in [0.1, 0.15) is 18.7 Å². The van der Waals surface area contributed by atoms with Gasteiger partial charge in [0.25, 0.3) is 0 Å². The van der Waals surface area contributed by atoms with Crippen LogP contribution in [0.5, 0.6) is 5.75 Å². The van der Waals surface area contributed by atoms with Crippen molar-refractivity contribution < 1.29 is 4.74 Å². The molecule has 0 bridgehead atoms. The van der Waals surface area contributed by atoms with E-state index in [0.717, 1.165) is 23.7 Å². The first-order valence-electron chi connectivity index (χ1n) is 7.01. The summed E-state index contributed by atoms with van der Waals surface area (Å²) in [7, 11) is 1.93. The molecule has 1 aliphatic rings. The molecule has 6 heteroatoms. The largest absolute Gasteiger partial charge is 0.486 e. The maximum Gasteiger partial charge on any atom is 0.133 e. The Kier molecular flexibility index (Phi) is 4.42. The lowest BCUT2D eigenvalue weighted by Crippen LogP contribution is -2.38. The third-order valence-electron chi connectivity index (χ3n) is 3.64. The van der Waals surface area contributed by atoms with Crippen molar-refractivity contribution in [3.63, 3.8) is 0 Å². The van der Waals surface area contributed by atoms with Crippen LogP contribution in [0.25, 0.3) is 0 Å². The number of hydrogen-bond donors (Lipinski definition) is 1. The van der Waals surface area contributed by atoms with Crippen molar-refractivity contribution in [1.82, 2.24) is 15.1 Å². The number of hydrogen-bond acceptors (Lipinski definition) is 4. The van der Waals surface area contributed by atoms with Gasteiger partial charge in [0.15, 0.2) is 0 Å². The molecule has 2 aromatic rings. The van der Waals surface area contributed by atoms with E-state index in [1.807, 2.05) is 41.7 Å². The summed E-state index contributed by atoms with van der Waals surface area (Å²) in [5, 5.41) is 8.35. The van der Waals surface area contributed by atoms with Gasteiger partial charge in [0.2, 0.25) is 0 Å². The maximum absolute atomic E-state index is 6.33. The van der Waals surface area contributed by atoms with Crippen molar-refractivity contribution in [3.8, 4) is 5.75 Å². The van der Waals surface area contributed by atoms with Gasteiger partial charge in [-0.2, -0.15) is 5.10 Å². The number of aryl methyl sites for hydroxylation is 1. The minimum absolute atomic E-state index is 0.0146. The zero-order valence-electron chi connectivity index (χ0n) is 12.0. The zero-order valence-corrected chi connectivity index (χ0v) is 13.6. The van der Waals surface area contributed by atoms with Crippen molar-refractivity contribution in [2.45, 2.75) is 30.5 Å². The van der Waals surface area contributed by atoms with E-state index in [2.05, 4.69) is 23.4 Å². The average Bonchev–Trinajstić information content (AvgIpc) is 2.89. The number of para-hydroxylation sites is 1. The normalized spacial score (nSPS) is 18.9. The van der Waals surface area contributed by atoms with Crippen LogP contribution < -0.4 is 10.1 Å². The summed E-state index contributed by atoms with van der Waals surface area (Å²) < 4.78 is 8.11. The van der Waals surface area contributed by atoms with Gasteiger partial charge >= 0.3 is 0 Å². The fraction of sp³-hybridized carbons (Fsp3) is 0.400. The van der Waals surface area contributed by atoms with Crippen LogP contribution in [0.2, 0.25) is 5.02 Å². The number of likely N-dealkylation sites (N-methyl/N-ethyl adjacent to an activating group) is 1. The van der Waals surface area contributed by atoms with E-state index in [1.54, 1.807) is 6.20 Å². The molecule has 0 spiro atoms. The number of nitrogens with one attached hydrogen (secondary N) is 1. The van der Waals surface area contributed by atoms with Gasteiger partial charge in [0.1, 0.15) is 11.9 Å². The van der Waals surface area contributed by atoms with Crippen LogP contribution in [0.15, 0.2) is 35.4 Å². The number of benzene rings is 1. The van der Waals surface area contributed by atoms with Crippen molar-refractivity contribution in [1.29, 1.82) is 0 Å². The van der Waals surface area contributed by atoms with Crippen LogP contribution in [-0.2, 0) is 6.54 Å². The van der Waals surface area contributed by atoms with Crippen LogP contribution in [0.3, 0.4) is 0 Å². The molecular weight excluding hydrogens is 306 g/mol. The SMILES string of the molecule is CCn1ncc(Cl)c1C(NC)C1CSc2ccccc2O1.